The number of aryl methyl sites for hydroxylation is 1. The molecule has 1 heterocycles. The highest BCUT2D eigenvalue weighted by Crippen LogP contribution is 2.23. The minimum absolute atomic E-state index is 0.144. The van der Waals surface area contributed by atoms with E-state index in [1.165, 1.54) is 5.56 Å². The molecule has 3 aromatic rings. The summed E-state index contributed by atoms with van der Waals surface area (Å²) in [5.41, 5.74) is 3.22. The number of aliphatic hydroxyl groups excluding tert-OH is 1. The highest BCUT2D eigenvalue weighted by Gasteiger charge is 2.14. The first kappa shape index (κ1) is 13.5. The number of para-hydroxylation sites is 1. The van der Waals surface area contributed by atoms with Gasteiger partial charge in [0.2, 0.25) is 0 Å². The van der Waals surface area contributed by atoms with Crippen LogP contribution in [0.2, 0.25) is 0 Å². The second-order valence-electron chi connectivity index (χ2n) is 4.82. The Morgan fingerprint density at radius 2 is 1.67 bits per heavy atom. The Bertz CT molecular complexity index is 718. The zero-order valence-electron chi connectivity index (χ0n) is 11.9. The van der Waals surface area contributed by atoms with E-state index in [0.29, 0.717) is 5.82 Å². The lowest BCUT2D eigenvalue weighted by Gasteiger charge is -2.09. The van der Waals surface area contributed by atoms with Crippen LogP contribution in [0.5, 0.6) is 0 Å². The summed E-state index contributed by atoms with van der Waals surface area (Å²) in [7, 11) is 0. The predicted molar refractivity (Wildman–Crippen MR) is 82.1 cm³/mol. The third kappa shape index (κ3) is 2.58. The molecular weight excluding hydrogens is 262 g/mol. The summed E-state index contributed by atoms with van der Waals surface area (Å²) in [6.07, 6.45) is 1.01. The van der Waals surface area contributed by atoms with Crippen LogP contribution < -0.4 is 0 Å². The number of aromatic nitrogens is 3. The smallest absolute Gasteiger partial charge is 0.168 e. The zero-order chi connectivity index (χ0) is 14.7. The SMILES string of the molecule is CCc1ccc(-c2nnc(CO)n2-c2ccccc2)cc1. The van der Waals surface area contributed by atoms with Crippen LogP contribution in [0, 0.1) is 0 Å². The monoisotopic (exact) mass is 279 g/mol. The molecule has 4 nitrogen and oxygen atoms in total. The molecule has 0 spiro atoms. The average molecular weight is 279 g/mol. The summed E-state index contributed by atoms with van der Waals surface area (Å²) in [5, 5.41) is 17.8. The van der Waals surface area contributed by atoms with E-state index in [9.17, 15) is 5.11 Å². The van der Waals surface area contributed by atoms with Gasteiger partial charge < -0.3 is 5.11 Å². The molecule has 0 bridgehead atoms. The fourth-order valence-corrected chi connectivity index (χ4v) is 2.34. The summed E-state index contributed by atoms with van der Waals surface area (Å²) in [5.74, 6) is 1.28. The summed E-state index contributed by atoms with van der Waals surface area (Å²) in [6, 6.07) is 18.1. The van der Waals surface area contributed by atoms with Gasteiger partial charge in [-0.2, -0.15) is 0 Å². The summed E-state index contributed by atoms with van der Waals surface area (Å²) in [4.78, 5) is 0. The molecule has 3 rings (SSSR count). The third-order valence-electron chi connectivity index (χ3n) is 3.51. The predicted octanol–water partition coefficient (Wildman–Crippen LogP) is 2.99. The van der Waals surface area contributed by atoms with Crippen molar-refractivity contribution in [2.75, 3.05) is 0 Å². The van der Waals surface area contributed by atoms with Gasteiger partial charge in [-0.1, -0.05) is 49.4 Å². The molecule has 4 heteroatoms. The van der Waals surface area contributed by atoms with Crippen LogP contribution >= 0.6 is 0 Å². The molecule has 0 aliphatic rings. The van der Waals surface area contributed by atoms with Gasteiger partial charge in [0.15, 0.2) is 11.6 Å². The molecule has 0 atom stereocenters. The lowest BCUT2D eigenvalue weighted by Crippen LogP contribution is -2.03. The Morgan fingerprint density at radius 3 is 2.29 bits per heavy atom. The Labute approximate surface area is 123 Å². The second-order valence-corrected chi connectivity index (χ2v) is 4.82. The van der Waals surface area contributed by atoms with Gasteiger partial charge in [-0.05, 0) is 24.1 Å². The van der Waals surface area contributed by atoms with Gasteiger partial charge >= 0.3 is 0 Å². The van der Waals surface area contributed by atoms with E-state index in [1.54, 1.807) is 0 Å². The van der Waals surface area contributed by atoms with E-state index in [-0.39, 0.29) is 6.61 Å². The van der Waals surface area contributed by atoms with Crippen molar-refractivity contribution in [1.29, 1.82) is 0 Å². The molecule has 0 fully saturated rings. The maximum atomic E-state index is 9.50. The normalized spacial score (nSPS) is 10.8. The second kappa shape index (κ2) is 5.89. The van der Waals surface area contributed by atoms with Crippen LogP contribution in [-0.4, -0.2) is 19.9 Å². The van der Waals surface area contributed by atoms with Crippen molar-refractivity contribution in [3.63, 3.8) is 0 Å². The van der Waals surface area contributed by atoms with Gasteiger partial charge in [0.1, 0.15) is 6.61 Å². The summed E-state index contributed by atoms with van der Waals surface area (Å²) in [6.45, 7) is 1.99. The molecule has 0 unspecified atom stereocenters. The van der Waals surface area contributed by atoms with Crippen molar-refractivity contribution >= 4 is 0 Å². The van der Waals surface area contributed by atoms with Crippen LogP contribution in [-0.2, 0) is 13.0 Å². The number of benzene rings is 2. The van der Waals surface area contributed by atoms with Crippen molar-refractivity contribution in [2.45, 2.75) is 20.0 Å². The van der Waals surface area contributed by atoms with Crippen molar-refractivity contribution in [3.05, 3.63) is 66.0 Å². The molecule has 1 aromatic heterocycles. The first-order chi connectivity index (χ1) is 10.3. The van der Waals surface area contributed by atoms with Crippen molar-refractivity contribution in [2.24, 2.45) is 0 Å². The minimum Gasteiger partial charge on any atom is -0.388 e. The number of nitrogens with zero attached hydrogens (tertiary/aromatic N) is 3. The van der Waals surface area contributed by atoms with Gasteiger partial charge in [-0.3, -0.25) is 4.57 Å². The molecule has 0 aliphatic heterocycles. The van der Waals surface area contributed by atoms with Gasteiger partial charge in [-0.25, -0.2) is 0 Å². The van der Waals surface area contributed by atoms with Crippen LogP contribution in [0.1, 0.15) is 18.3 Å². The molecule has 2 aromatic carbocycles. The van der Waals surface area contributed by atoms with E-state index in [4.69, 9.17) is 0 Å². The van der Waals surface area contributed by atoms with E-state index in [2.05, 4.69) is 29.3 Å². The zero-order valence-corrected chi connectivity index (χ0v) is 11.9. The molecule has 0 radical (unpaired) electrons. The van der Waals surface area contributed by atoms with Crippen LogP contribution in [0.15, 0.2) is 54.6 Å². The maximum absolute atomic E-state index is 9.50. The van der Waals surface area contributed by atoms with Crippen LogP contribution in [0.3, 0.4) is 0 Å². The van der Waals surface area contributed by atoms with E-state index < -0.39 is 0 Å². The number of aliphatic hydroxyl groups is 1. The fraction of sp³-hybridized carbons (Fsp3) is 0.176. The maximum Gasteiger partial charge on any atom is 0.168 e. The highest BCUT2D eigenvalue weighted by atomic mass is 16.3. The van der Waals surface area contributed by atoms with Crippen molar-refractivity contribution < 1.29 is 5.11 Å². The summed E-state index contributed by atoms with van der Waals surface area (Å²) < 4.78 is 1.89. The first-order valence-corrected chi connectivity index (χ1v) is 7.03. The Hall–Kier alpha value is -2.46. The van der Waals surface area contributed by atoms with Crippen molar-refractivity contribution in [3.8, 4) is 17.1 Å². The fourth-order valence-electron chi connectivity index (χ4n) is 2.34. The molecular formula is C17H17N3O. The molecule has 106 valence electrons. The highest BCUT2D eigenvalue weighted by molar-refractivity contribution is 5.59. The lowest BCUT2D eigenvalue weighted by atomic mass is 10.1. The van der Waals surface area contributed by atoms with Crippen molar-refractivity contribution in [1.82, 2.24) is 14.8 Å². The Balaban J connectivity index is 2.12. The van der Waals surface area contributed by atoms with E-state index in [1.807, 2.05) is 47.0 Å². The molecule has 0 saturated carbocycles. The van der Waals surface area contributed by atoms with Gasteiger partial charge in [0.25, 0.3) is 0 Å². The van der Waals surface area contributed by atoms with Crippen LogP contribution in [0.25, 0.3) is 17.1 Å². The number of hydrogen-bond acceptors (Lipinski definition) is 3. The molecule has 0 amide bonds. The lowest BCUT2D eigenvalue weighted by molar-refractivity contribution is 0.269. The van der Waals surface area contributed by atoms with Gasteiger partial charge in [0.05, 0.1) is 0 Å². The summed E-state index contributed by atoms with van der Waals surface area (Å²) >= 11 is 0. The largest absolute Gasteiger partial charge is 0.388 e. The first-order valence-electron chi connectivity index (χ1n) is 7.03. The Morgan fingerprint density at radius 1 is 0.952 bits per heavy atom. The molecule has 21 heavy (non-hydrogen) atoms. The quantitative estimate of drug-likeness (QED) is 0.798. The average Bonchev–Trinajstić information content (AvgIpc) is 2.99. The topological polar surface area (TPSA) is 50.9 Å². The van der Waals surface area contributed by atoms with E-state index in [0.717, 1.165) is 23.5 Å². The molecule has 0 aliphatic carbocycles. The molecule has 1 N–H and O–H groups in total. The number of hydrogen-bond donors (Lipinski definition) is 1. The standard InChI is InChI=1S/C17H17N3O/c1-2-13-8-10-14(11-9-13)17-19-18-16(12-21)20(17)15-6-4-3-5-7-15/h3-11,21H,2,12H2,1H3. The Kier molecular flexibility index (Phi) is 3.79. The molecule has 0 saturated heterocycles. The number of rotatable bonds is 4. The third-order valence-corrected chi connectivity index (χ3v) is 3.51. The van der Waals surface area contributed by atoms with Gasteiger partial charge in [0, 0.05) is 11.3 Å². The van der Waals surface area contributed by atoms with Crippen LogP contribution in [0.4, 0.5) is 0 Å². The van der Waals surface area contributed by atoms with Gasteiger partial charge in [-0.15, -0.1) is 10.2 Å². The van der Waals surface area contributed by atoms with E-state index >= 15 is 0 Å². The minimum atomic E-state index is -0.144.